The third kappa shape index (κ3) is 4.02. The normalized spacial score (nSPS) is 10.9. The standard InChI is InChI=1S/C21H22N8O2S/c1-5-23-21(31)28-20-26-14(12-8-6-7-11(2)9-12)15-16(27-20)29(4)17(25-15)19-24-13(10-32-19)18(30)22-3/h6-10H,5H2,1-4H3,(H,22,30)(H2,23,26,27,28,31). The first-order chi connectivity index (χ1) is 15.4. The van der Waals surface area contributed by atoms with E-state index in [0.717, 1.165) is 11.1 Å². The van der Waals surface area contributed by atoms with E-state index in [1.807, 2.05) is 45.2 Å². The van der Waals surface area contributed by atoms with Gasteiger partial charge in [-0.2, -0.15) is 4.98 Å². The fraction of sp³-hybridized carbons (Fsp3) is 0.238. The molecule has 1 aromatic carbocycles. The van der Waals surface area contributed by atoms with Crippen molar-refractivity contribution in [3.8, 4) is 22.1 Å². The Hall–Kier alpha value is -3.86. The Kier molecular flexibility index (Phi) is 5.82. The summed E-state index contributed by atoms with van der Waals surface area (Å²) in [7, 11) is 3.37. The van der Waals surface area contributed by atoms with Crippen molar-refractivity contribution in [3.63, 3.8) is 0 Å². The lowest BCUT2D eigenvalue weighted by Crippen LogP contribution is -2.29. The Balaban J connectivity index is 1.90. The molecule has 0 saturated heterocycles. The van der Waals surface area contributed by atoms with Gasteiger partial charge in [-0.05, 0) is 19.9 Å². The molecule has 0 bridgehead atoms. The minimum absolute atomic E-state index is 0.166. The number of fused-ring (bicyclic) bond motifs is 1. The molecule has 0 fully saturated rings. The van der Waals surface area contributed by atoms with Crippen molar-refractivity contribution in [1.29, 1.82) is 0 Å². The van der Waals surface area contributed by atoms with Crippen molar-refractivity contribution in [2.24, 2.45) is 7.05 Å². The summed E-state index contributed by atoms with van der Waals surface area (Å²) in [5.41, 5.74) is 3.95. The van der Waals surface area contributed by atoms with Crippen molar-refractivity contribution in [2.45, 2.75) is 13.8 Å². The number of hydrogen-bond acceptors (Lipinski definition) is 7. The fourth-order valence-corrected chi connectivity index (χ4v) is 4.04. The van der Waals surface area contributed by atoms with Crippen LogP contribution < -0.4 is 16.0 Å². The molecular formula is C21H22N8O2S. The van der Waals surface area contributed by atoms with Crippen LogP contribution in [-0.2, 0) is 7.05 Å². The summed E-state index contributed by atoms with van der Waals surface area (Å²) in [6.07, 6.45) is 0. The lowest BCUT2D eigenvalue weighted by molar-refractivity contribution is 0.0959. The molecule has 0 unspecified atom stereocenters. The SMILES string of the molecule is CCNC(=O)Nc1nc(-c2cccc(C)c2)c2nc(-c3nc(C(=O)NC)cs3)n(C)c2n1. The van der Waals surface area contributed by atoms with E-state index < -0.39 is 0 Å². The number of hydrogen-bond donors (Lipinski definition) is 3. The lowest BCUT2D eigenvalue weighted by atomic mass is 10.1. The molecule has 0 spiro atoms. The van der Waals surface area contributed by atoms with E-state index >= 15 is 0 Å². The van der Waals surface area contributed by atoms with Gasteiger partial charge in [0.2, 0.25) is 5.95 Å². The van der Waals surface area contributed by atoms with Gasteiger partial charge in [-0.15, -0.1) is 11.3 Å². The second-order valence-corrected chi connectivity index (χ2v) is 7.89. The van der Waals surface area contributed by atoms with E-state index in [0.29, 0.717) is 39.9 Å². The van der Waals surface area contributed by atoms with Gasteiger partial charge >= 0.3 is 6.03 Å². The van der Waals surface area contributed by atoms with E-state index in [1.54, 1.807) is 17.0 Å². The molecule has 10 nitrogen and oxygen atoms in total. The molecule has 0 aliphatic rings. The minimum atomic E-state index is -0.389. The Morgan fingerprint density at radius 1 is 1.16 bits per heavy atom. The van der Waals surface area contributed by atoms with Gasteiger partial charge in [-0.25, -0.2) is 19.7 Å². The second kappa shape index (κ2) is 8.71. The number of benzene rings is 1. The largest absolute Gasteiger partial charge is 0.354 e. The number of carbonyl (C=O) groups is 2. The summed E-state index contributed by atoms with van der Waals surface area (Å²) in [6.45, 7) is 4.30. The average Bonchev–Trinajstić information content (AvgIpc) is 3.38. The summed E-state index contributed by atoms with van der Waals surface area (Å²) in [4.78, 5) is 42.3. The highest BCUT2D eigenvalue weighted by Gasteiger charge is 2.21. The van der Waals surface area contributed by atoms with Gasteiger partial charge < -0.3 is 15.2 Å². The average molecular weight is 451 g/mol. The maximum atomic E-state index is 12.1. The number of anilines is 1. The van der Waals surface area contributed by atoms with Crippen molar-refractivity contribution >= 4 is 40.4 Å². The fourth-order valence-electron chi connectivity index (χ4n) is 3.22. The number of nitrogens with one attached hydrogen (secondary N) is 3. The molecule has 3 N–H and O–H groups in total. The van der Waals surface area contributed by atoms with Crippen LogP contribution in [0.3, 0.4) is 0 Å². The molecule has 0 saturated carbocycles. The molecular weight excluding hydrogens is 428 g/mol. The van der Waals surface area contributed by atoms with Gasteiger partial charge in [-0.3, -0.25) is 10.1 Å². The number of aryl methyl sites for hydroxylation is 2. The minimum Gasteiger partial charge on any atom is -0.354 e. The topological polar surface area (TPSA) is 127 Å². The Morgan fingerprint density at radius 2 is 1.97 bits per heavy atom. The van der Waals surface area contributed by atoms with Crippen molar-refractivity contribution in [3.05, 3.63) is 40.9 Å². The monoisotopic (exact) mass is 450 g/mol. The first kappa shape index (κ1) is 21.4. The highest BCUT2D eigenvalue weighted by atomic mass is 32.1. The van der Waals surface area contributed by atoms with Crippen LogP contribution >= 0.6 is 11.3 Å². The van der Waals surface area contributed by atoms with E-state index in [1.165, 1.54) is 11.3 Å². The van der Waals surface area contributed by atoms with Crippen LogP contribution in [0.1, 0.15) is 23.0 Å². The zero-order valence-corrected chi connectivity index (χ0v) is 18.9. The van der Waals surface area contributed by atoms with Gasteiger partial charge in [0.1, 0.15) is 16.9 Å². The Labute approximate surface area is 188 Å². The van der Waals surface area contributed by atoms with Crippen LogP contribution in [0.4, 0.5) is 10.7 Å². The van der Waals surface area contributed by atoms with Crippen LogP contribution in [0.25, 0.3) is 33.3 Å². The van der Waals surface area contributed by atoms with Gasteiger partial charge in [0, 0.05) is 31.6 Å². The number of nitrogens with zero attached hydrogens (tertiary/aromatic N) is 5. The number of amides is 3. The molecule has 0 atom stereocenters. The maximum Gasteiger partial charge on any atom is 0.321 e. The first-order valence-corrected chi connectivity index (χ1v) is 10.8. The summed E-state index contributed by atoms with van der Waals surface area (Å²) in [5.74, 6) is 0.457. The van der Waals surface area contributed by atoms with Gasteiger partial charge in [-0.1, -0.05) is 23.8 Å². The molecule has 32 heavy (non-hydrogen) atoms. The van der Waals surface area contributed by atoms with Crippen LogP contribution in [-0.4, -0.2) is 50.0 Å². The number of rotatable bonds is 5. The highest BCUT2D eigenvalue weighted by molar-refractivity contribution is 7.13. The number of aromatic nitrogens is 5. The van der Waals surface area contributed by atoms with Crippen LogP contribution in [0, 0.1) is 6.92 Å². The van der Waals surface area contributed by atoms with Crippen molar-refractivity contribution in [1.82, 2.24) is 35.1 Å². The second-order valence-electron chi connectivity index (χ2n) is 7.03. The summed E-state index contributed by atoms with van der Waals surface area (Å²) < 4.78 is 1.78. The van der Waals surface area contributed by atoms with Gasteiger partial charge in [0.15, 0.2) is 16.5 Å². The quantitative estimate of drug-likeness (QED) is 0.429. The first-order valence-electron chi connectivity index (χ1n) is 9.95. The summed E-state index contributed by atoms with van der Waals surface area (Å²) in [5, 5.41) is 10.2. The van der Waals surface area contributed by atoms with Gasteiger partial charge in [0.05, 0.1) is 0 Å². The Morgan fingerprint density at radius 3 is 2.69 bits per heavy atom. The van der Waals surface area contributed by atoms with E-state index in [-0.39, 0.29) is 17.9 Å². The molecule has 3 aromatic heterocycles. The molecule has 3 amide bonds. The predicted octanol–water partition coefficient (Wildman–Crippen LogP) is 2.96. The zero-order chi connectivity index (χ0) is 22.8. The lowest BCUT2D eigenvalue weighted by Gasteiger charge is -2.08. The van der Waals surface area contributed by atoms with Crippen LogP contribution in [0.15, 0.2) is 29.6 Å². The number of carbonyl (C=O) groups excluding carboxylic acids is 2. The highest BCUT2D eigenvalue weighted by Crippen LogP contribution is 2.32. The molecule has 164 valence electrons. The molecule has 11 heteroatoms. The van der Waals surface area contributed by atoms with Gasteiger partial charge in [0.25, 0.3) is 5.91 Å². The predicted molar refractivity (Wildman–Crippen MR) is 124 cm³/mol. The smallest absolute Gasteiger partial charge is 0.321 e. The third-order valence-electron chi connectivity index (χ3n) is 4.73. The number of thiazole rings is 1. The molecule has 0 radical (unpaired) electrons. The van der Waals surface area contributed by atoms with Crippen LogP contribution in [0.2, 0.25) is 0 Å². The third-order valence-corrected chi connectivity index (χ3v) is 5.57. The zero-order valence-electron chi connectivity index (χ0n) is 18.1. The summed E-state index contributed by atoms with van der Waals surface area (Å²) in [6, 6.07) is 7.48. The molecule has 0 aliphatic heterocycles. The van der Waals surface area contributed by atoms with Crippen LogP contribution in [0.5, 0.6) is 0 Å². The molecule has 0 aliphatic carbocycles. The molecule has 3 heterocycles. The van der Waals surface area contributed by atoms with E-state index in [2.05, 4.69) is 30.9 Å². The van der Waals surface area contributed by atoms with E-state index in [9.17, 15) is 9.59 Å². The van der Waals surface area contributed by atoms with Crippen molar-refractivity contribution in [2.75, 3.05) is 18.9 Å². The number of imidazole rings is 1. The Bertz CT molecular complexity index is 1330. The van der Waals surface area contributed by atoms with E-state index in [4.69, 9.17) is 4.98 Å². The summed E-state index contributed by atoms with van der Waals surface area (Å²) >= 11 is 1.32. The maximum absolute atomic E-state index is 12.1. The van der Waals surface area contributed by atoms with Crippen molar-refractivity contribution < 1.29 is 9.59 Å². The molecule has 4 rings (SSSR count). The molecule has 4 aromatic rings. The number of urea groups is 1.